The number of hydrogen-bond acceptors (Lipinski definition) is 4. The molecule has 4 atom stereocenters. The van der Waals surface area contributed by atoms with Crippen LogP contribution in [0.3, 0.4) is 0 Å². The number of benzene rings is 2. The molecule has 0 bridgehead atoms. The number of carbonyl (C=O) groups excluding carboxylic acids is 1. The van der Waals surface area contributed by atoms with Gasteiger partial charge in [-0.15, -0.1) is 0 Å². The Kier molecular flexibility index (Phi) is 7.36. The molecule has 30 heavy (non-hydrogen) atoms. The van der Waals surface area contributed by atoms with Crippen LogP contribution >= 0.6 is 23.2 Å². The van der Waals surface area contributed by atoms with Crippen LogP contribution in [-0.2, 0) is 14.3 Å². The number of nitrogens with zero attached hydrogens (tertiary/aromatic N) is 1. The number of aliphatic hydroxyl groups excluding tert-OH is 1. The molecule has 0 saturated carbocycles. The minimum atomic E-state index is -1.17. The predicted molar refractivity (Wildman–Crippen MR) is 114 cm³/mol. The number of halogens is 2. The third kappa shape index (κ3) is 4.78. The van der Waals surface area contributed by atoms with Crippen molar-refractivity contribution in [2.24, 2.45) is 0 Å². The highest BCUT2D eigenvalue weighted by Crippen LogP contribution is 2.44. The molecule has 1 aliphatic heterocycles. The number of aliphatic carboxylic acids is 1. The lowest BCUT2D eigenvalue weighted by molar-refractivity contribution is -0.184. The van der Waals surface area contributed by atoms with Crippen molar-refractivity contribution >= 4 is 35.1 Å². The molecule has 8 heteroatoms. The van der Waals surface area contributed by atoms with Crippen molar-refractivity contribution in [3.63, 3.8) is 0 Å². The molecule has 1 saturated heterocycles. The van der Waals surface area contributed by atoms with E-state index < -0.39 is 42.6 Å². The Morgan fingerprint density at radius 1 is 1.13 bits per heavy atom. The Labute approximate surface area is 185 Å². The lowest BCUT2D eigenvalue weighted by Gasteiger charge is -2.47. The molecule has 1 heterocycles. The highest BCUT2D eigenvalue weighted by Gasteiger charge is 2.46. The molecule has 2 aromatic carbocycles. The Morgan fingerprint density at radius 3 is 2.40 bits per heavy atom. The van der Waals surface area contributed by atoms with E-state index in [1.807, 2.05) is 13.0 Å². The van der Waals surface area contributed by atoms with Gasteiger partial charge in [0.05, 0.1) is 25.1 Å². The standard InChI is InChI=1S/C22H23Cl2NO5/c1-2-17(12-26)25-20(13-6-8-15(23)9-7-13)21(14-4-3-5-16(24)10-14)30-18(22(25)29)11-19(27)28/h3-10,17-18,20-21,26H,2,11-12H2,1H3,(H,27,28)/t17?,18-,20-,21-/m1/s1. The largest absolute Gasteiger partial charge is 0.481 e. The molecule has 0 radical (unpaired) electrons. The molecule has 0 aliphatic carbocycles. The van der Waals surface area contributed by atoms with E-state index in [-0.39, 0.29) is 6.61 Å². The number of aliphatic hydroxyl groups is 1. The first-order chi connectivity index (χ1) is 14.3. The van der Waals surface area contributed by atoms with E-state index in [9.17, 15) is 19.8 Å². The summed E-state index contributed by atoms with van der Waals surface area (Å²) in [4.78, 5) is 26.2. The maximum atomic E-state index is 13.3. The first-order valence-corrected chi connectivity index (χ1v) is 10.4. The fraction of sp³-hybridized carbons (Fsp3) is 0.364. The summed E-state index contributed by atoms with van der Waals surface area (Å²) in [5.74, 6) is -1.60. The van der Waals surface area contributed by atoms with Gasteiger partial charge in [0.15, 0.2) is 0 Å². The van der Waals surface area contributed by atoms with Gasteiger partial charge in [0.25, 0.3) is 5.91 Å². The average Bonchev–Trinajstić information content (AvgIpc) is 2.71. The number of carboxylic acids is 1. The SMILES string of the molecule is CCC(CO)N1C(=O)[C@@H](CC(=O)O)O[C@H](c2cccc(Cl)c2)[C@H]1c1ccc(Cl)cc1. The Bertz CT molecular complexity index is 901. The van der Waals surface area contributed by atoms with Gasteiger partial charge in [-0.3, -0.25) is 9.59 Å². The Balaban J connectivity index is 2.16. The summed E-state index contributed by atoms with van der Waals surface area (Å²) in [6.07, 6.45) is -1.82. The van der Waals surface area contributed by atoms with Crippen molar-refractivity contribution < 1.29 is 24.5 Å². The fourth-order valence-electron chi connectivity index (χ4n) is 3.81. The van der Waals surface area contributed by atoms with Crippen molar-refractivity contribution in [2.75, 3.05) is 6.61 Å². The molecule has 6 nitrogen and oxygen atoms in total. The van der Waals surface area contributed by atoms with Crippen LogP contribution in [0.25, 0.3) is 0 Å². The lowest BCUT2D eigenvalue weighted by atomic mass is 9.89. The zero-order chi connectivity index (χ0) is 21.8. The van der Waals surface area contributed by atoms with Crippen LogP contribution in [0.2, 0.25) is 10.0 Å². The maximum absolute atomic E-state index is 13.3. The van der Waals surface area contributed by atoms with Crippen molar-refractivity contribution in [1.29, 1.82) is 0 Å². The van der Waals surface area contributed by atoms with E-state index in [2.05, 4.69) is 0 Å². The third-order valence-electron chi connectivity index (χ3n) is 5.25. The van der Waals surface area contributed by atoms with Gasteiger partial charge in [0.1, 0.15) is 12.2 Å². The van der Waals surface area contributed by atoms with E-state index >= 15 is 0 Å². The van der Waals surface area contributed by atoms with Gasteiger partial charge in [-0.05, 0) is 41.8 Å². The molecule has 1 amide bonds. The Morgan fingerprint density at radius 2 is 1.83 bits per heavy atom. The van der Waals surface area contributed by atoms with Crippen LogP contribution < -0.4 is 0 Å². The number of carboxylic acid groups (broad SMARTS) is 1. The predicted octanol–water partition coefficient (Wildman–Crippen LogP) is 4.25. The minimum absolute atomic E-state index is 0.256. The van der Waals surface area contributed by atoms with E-state index in [0.29, 0.717) is 22.0 Å². The normalized spacial score (nSPS) is 22.7. The topological polar surface area (TPSA) is 87.1 Å². The number of hydrogen-bond donors (Lipinski definition) is 2. The van der Waals surface area contributed by atoms with Crippen molar-refractivity contribution in [2.45, 2.75) is 44.1 Å². The molecule has 1 unspecified atom stereocenters. The number of morpholine rings is 1. The van der Waals surface area contributed by atoms with E-state index in [4.69, 9.17) is 27.9 Å². The molecule has 2 aromatic rings. The van der Waals surface area contributed by atoms with Gasteiger partial charge in [-0.2, -0.15) is 0 Å². The second kappa shape index (κ2) is 9.79. The molecule has 1 fully saturated rings. The van der Waals surface area contributed by atoms with E-state index in [1.54, 1.807) is 47.4 Å². The molecule has 0 aromatic heterocycles. The second-order valence-corrected chi connectivity index (χ2v) is 8.06. The monoisotopic (exact) mass is 451 g/mol. The molecule has 0 spiro atoms. The van der Waals surface area contributed by atoms with Crippen LogP contribution in [0, 0.1) is 0 Å². The Hall–Kier alpha value is -2.12. The van der Waals surface area contributed by atoms with Crippen molar-refractivity contribution in [1.82, 2.24) is 4.90 Å². The number of carbonyl (C=O) groups is 2. The zero-order valence-electron chi connectivity index (χ0n) is 16.4. The lowest BCUT2D eigenvalue weighted by Crippen LogP contribution is -2.56. The molecule has 1 aliphatic rings. The first kappa shape index (κ1) is 22.6. The summed E-state index contributed by atoms with van der Waals surface area (Å²) in [5, 5.41) is 20.3. The van der Waals surface area contributed by atoms with Crippen molar-refractivity contribution in [3.8, 4) is 0 Å². The molecule has 160 valence electrons. The smallest absolute Gasteiger partial charge is 0.306 e. The van der Waals surface area contributed by atoms with Crippen LogP contribution in [0.4, 0.5) is 0 Å². The van der Waals surface area contributed by atoms with Gasteiger partial charge < -0.3 is 19.8 Å². The van der Waals surface area contributed by atoms with E-state index in [1.165, 1.54) is 0 Å². The minimum Gasteiger partial charge on any atom is -0.481 e. The van der Waals surface area contributed by atoms with Crippen LogP contribution in [0.5, 0.6) is 0 Å². The molecule has 3 rings (SSSR count). The molecule has 2 N–H and O–H groups in total. The van der Waals surface area contributed by atoms with Gasteiger partial charge in [-0.25, -0.2) is 0 Å². The van der Waals surface area contributed by atoms with Crippen molar-refractivity contribution in [3.05, 3.63) is 69.7 Å². The maximum Gasteiger partial charge on any atom is 0.306 e. The fourth-order valence-corrected chi connectivity index (χ4v) is 4.14. The number of amides is 1. The first-order valence-electron chi connectivity index (χ1n) is 9.66. The van der Waals surface area contributed by atoms with E-state index in [0.717, 1.165) is 5.56 Å². The van der Waals surface area contributed by atoms with Crippen LogP contribution in [0.1, 0.15) is 43.0 Å². The summed E-state index contributed by atoms with van der Waals surface area (Å²) in [7, 11) is 0. The number of rotatable bonds is 7. The van der Waals surface area contributed by atoms with Crippen LogP contribution in [-0.4, -0.2) is 45.7 Å². The van der Waals surface area contributed by atoms with Gasteiger partial charge in [0.2, 0.25) is 0 Å². The summed E-state index contributed by atoms with van der Waals surface area (Å²) in [5.41, 5.74) is 1.47. The molecular weight excluding hydrogens is 429 g/mol. The van der Waals surface area contributed by atoms with Gasteiger partial charge in [-0.1, -0.05) is 54.4 Å². The quantitative estimate of drug-likeness (QED) is 0.656. The number of ether oxygens (including phenoxy) is 1. The van der Waals surface area contributed by atoms with Gasteiger partial charge >= 0.3 is 5.97 Å². The zero-order valence-corrected chi connectivity index (χ0v) is 17.9. The summed E-state index contributed by atoms with van der Waals surface area (Å²) >= 11 is 12.2. The summed E-state index contributed by atoms with van der Waals surface area (Å²) in [6.45, 7) is 1.61. The summed E-state index contributed by atoms with van der Waals surface area (Å²) in [6, 6.07) is 13.0. The molecular formula is C22H23Cl2NO5. The third-order valence-corrected chi connectivity index (χ3v) is 5.74. The second-order valence-electron chi connectivity index (χ2n) is 7.18. The highest BCUT2D eigenvalue weighted by molar-refractivity contribution is 6.30. The summed E-state index contributed by atoms with van der Waals surface area (Å²) < 4.78 is 6.07. The average molecular weight is 452 g/mol. The van der Waals surface area contributed by atoms with Crippen LogP contribution in [0.15, 0.2) is 48.5 Å². The highest BCUT2D eigenvalue weighted by atomic mass is 35.5. The van der Waals surface area contributed by atoms with Gasteiger partial charge in [0, 0.05) is 10.0 Å².